The van der Waals surface area contributed by atoms with Crippen LogP contribution in [0.4, 0.5) is 21.0 Å². The van der Waals surface area contributed by atoms with Crippen molar-refractivity contribution < 1.29 is 19.1 Å². The molecule has 1 saturated heterocycles. The summed E-state index contributed by atoms with van der Waals surface area (Å²) in [6.45, 7) is 2.56. The van der Waals surface area contributed by atoms with Gasteiger partial charge < -0.3 is 20.4 Å². The molecule has 37 heavy (non-hydrogen) atoms. The van der Waals surface area contributed by atoms with E-state index in [0.29, 0.717) is 29.0 Å². The molecule has 1 aromatic heterocycles. The van der Waals surface area contributed by atoms with Crippen LogP contribution in [-0.2, 0) is 22.5 Å². The van der Waals surface area contributed by atoms with Crippen molar-refractivity contribution in [2.24, 2.45) is 0 Å². The van der Waals surface area contributed by atoms with E-state index in [1.165, 1.54) is 0 Å². The van der Waals surface area contributed by atoms with E-state index in [4.69, 9.17) is 4.74 Å². The van der Waals surface area contributed by atoms with Gasteiger partial charge in [-0.05, 0) is 48.4 Å². The number of H-pyrrole nitrogens is 1. The van der Waals surface area contributed by atoms with Gasteiger partial charge in [-0.1, -0.05) is 42.5 Å². The van der Waals surface area contributed by atoms with Gasteiger partial charge in [0, 0.05) is 17.9 Å². The molecule has 0 spiro atoms. The number of aromatic nitrogens is 2. The number of anilines is 2. The summed E-state index contributed by atoms with van der Waals surface area (Å²) in [5.41, 5.74) is 3.79. The maximum absolute atomic E-state index is 12.9. The predicted octanol–water partition coefficient (Wildman–Crippen LogP) is 4.26. The number of nitrogens with zero attached hydrogens (tertiary/aromatic N) is 2. The summed E-state index contributed by atoms with van der Waals surface area (Å²) in [4.78, 5) is 53.5. The first-order valence-corrected chi connectivity index (χ1v) is 11.9. The first-order chi connectivity index (χ1) is 17.9. The topological polar surface area (TPSA) is 126 Å². The molecule has 0 bridgehead atoms. The summed E-state index contributed by atoms with van der Waals surface area (Å²) in [7, 11) is 0. The first-order valence-electron chi connectivity index (χ1n) is 11.9. The lowest BCUT2D eigenvalue weighted by atomic mass is 10.1. The van der Waals surface area contributed by atoms with Gasteiger partial charge >= 0.3 is 17.8 Å². The van der Waals surface area contributed by atoms with Crippen LogP contribution in [0.3, 0.4) is 0 Å². The minimum Gasteiger partial charge on any atom is -0.446 e. The van der Waals surface area contributed by atoms with Crippen LogP contribution in [0.25, 0.3) is 11.0 Å². The summed E-state index contributed by atoms with van der Waals surface area (Å²) in [5.74, 6) is -0.361. The molecule has 3 aromatic carbocycles. The van der Waals surface area contributed by atoms with E-state index in [1.807, 2.05) is 37.3 Å². The van der Waals surface area contributed by atoms with Crippen LogP contribution in [0.5, 0.6) is 0 Å². The number of aromatic amines is 1. The number of aryl methyl sites for hydroxylation is 1. The number of amides is 4. The van der Waals surface area contributed by atoms with E-state index >= 15 is 0 Å². The Kier molecular flexibility index (Phi) is 6.46. The molecule has 1 aliphatic rings. The lowest BCUT2D eigenvalue weighted by molar-refractivity contribution is -0.128. The van der Waals surface area contributed by atoms with Crippen LogP contribution in [0.1, 0.15) is 24.1 Å². The highest BCUT2D eigenvalue weighted by atomic mass is 16.6. The summed E-state index contributed by atoms with van der Waals surface area (Å²) >= 11 is 0. The molecule has 0 saturated carbocycles. The van der Waals surface area contributed by atoms with Gasteiger partial charge in [0.15, 0.2) is 0 Å². The molecule has 10 nitrogen and oxygen atoms in total. The molecule has 0 radical (unpaired) electrons. The molecule has 1 atom stereocenters. The molecule has 1 unspecified atom stereocenters. The number of hydrogen-bond acceptors (Lipinski definition) is 5. The molecule has 3 N–H and O–H groups in total. The highest BCUT2D eigenvalue weighted by molar-refractivity contribution is 6.01. The largest absolute Gasteiger partial charge is 0.446 e. The fourth-order valence-electron chi connectivity index (χ4n) is 4.43. The Morgan fingerprint density at radius 3 is 2.41 bits per heavy atom. The maximum atomic E-state index is 12.9. The zero-order valence-corrected chi connectivity index (χ0v) is 20.1. The number of imidazole rings is 1. The minimum absolute atomic E-state index is 0.0144. The normalized spacial score (nSPS) is 15.0. The first kappa shape index (κ1) is 23.9. The summed E-state index contributed by atoms with van der Waals surface area (Å²) in [5, 5.41) is 5.49. The number of urea groups is 1. The number of nitrogens with one attached hydrogen (secondary N) is 3. The fraction of sp³-hybridized carbons (Fsp3) is 0.185. The van der Waals surface area contributed by atoms with E-state index in [-0.39, 0.29) is 24.6 Å². The van der Waals surface area contributed by atoms with Crippen LogP contribution < -0.4 is 16.3 Å². The Morgan fingerprint density at radius 2 is 1.68 bits per heavy atom. The van der Waals surface area contributed by atoms with Gasteiger partial charge in [-0.15, -0.1) is 0 Å². The van der Waals surface area contributed by atoms with E-state index in [9.17, 15) is 19.2 Å². The Morgan fingerprint density at radius 1 is 0.973 bits per heavy atom. The summed E-state index contributed by atoms with van der Waals surface area (Å²) in [6.07, 6.45) is -0.636. The third-order valence-corrected chi connectivity index (χ3v) is 6.24. The molecule has 5 rings (SSSR count). The third-order valence-electron chi connectivity index (χ3n) is 6.24. The van der Waals surface area contributed by atoms with Crippen molar-refractivity contribution >= 4 is 40.4 Å². The van der Waals surface area contributed by atoms with E-state index in [0.717, 1.165) is 16.0 Å². The molecule has 0 aliphatic carbocycles. The molecular formula is C27H25N5O5. The van der Waals surface area contributed by atoms with Crippen molar-refractivity contribution in [1.29, 1.82) is 0 Å². The Hall–Kier alpha value is -4.86. The van der Waals surface area contributed by atoms with Crippen molar-refractivity contribution in [2.45, 2.75) is 25.9 Å². The van der Waals surface area contributed by atoms with Gasteiger partial charge in [-0.25, -0.2) is 19.3 Å². The molecule has 4 aromatic rings. The van der Waals surface area contributed by atoms with Crippen LogP contribution >= 0.6 is 0 Å². The SMILES string of the molecule is CCn1c(=O)[nH]c2cc(NC(=O)Nc3ccc(CC(=O)N4C(=O)OCC4c4ccccc4)cc3)ccc21. The van der Waals surface area contributed by atoms with Gasteiger partial charge in [0.25, 0.3) is 0 Å². The predicted molar refractivity (Wildman–Crippen MR) is 138 cm³/mol. The number of rotatable bonds is 6. The second-order valence-corrected chi connectivity index (χ2v) is 8.63. The average Bonchev–Trinajstić information content (AvgIpc) is 3.43. The van der Waals surface area contributed by atoms with Crippen molar-refractivity contribution in [3.05, 3.63) is 94.4 Å². The van der Waals surface area contributed by atoms with E-state index in [1.54, 1.807) is 47.0 Å². The van der Waals surface area contributed by atoms with Crippen LogP contribution in [0, 0.1) is 0 Å². The van der Waals surface area contributed by atoms with Crippen LogP contribution in [-0.4, -0.2) is 39.1 Å². The second-order valence-electron chi connectivity index (χ2n) is 8.63. The highest BCUT2D eigenvalue weighted by Crippen LogP contribution is 2.28. The Labute approximate surface area is 211 Å². The molecule has 10 heteroatoms. The van der Waals surface area contributed by atoms with E-state index in [2.05, 4.69) is 15.6 Å². The smallest absolute Gasteiger partial charge is 0.417 e. The summed E-state index contributed by atoms with van der Waals surface area (Å²) in [6, 6.07) is 20.4. The van der Waals surface area contributed by atoms with Crippen molar-refractivity contribution in [2.75, 3.05) is 17.2 Å². The zero-order valence-electron chi connectivity index (χ0n) is 20.1. The van der Waals surface area contributed by atoms with Gasteiger partial charge in [0.05, 0.1) is 17.5 Å². The molecule has 188 valence electrons. The monoisotopic (exact) mass is 499 g/mol. The highest BCUT2D eigenvalue weighted by Gasteiger charge is 2.38. The molecular weight excluding hydrogens is 474 g/mol. The number of carbonyl (C=O) groups is 3. The molecule has 2 heterocycles. The number of benzene rings is 3. The third kappa shape index (κ3) is 4.94. The zero-order chi connectivity index (χ0) is 25.9. The molecule has 1 fully saturated rings. The molecule has 4 amide bonds. The fourth-order valence-corrected chi connectivity index (χ4v) is 4.43. The van der Waals surface area contributed by atoms with Crippen LogP contribution in [0.2, 0.25) is 0 Å². The van der Waals surface area contributed by atoms with Gasteiger partial charge in [0.1, 0.15) is 12.6 Å². The second kappa shape index (κ2) is 10.0. The number of imide groups is 1. The van der Waals surface area contributed by atoms with Crippen molar-refractivity contribution in [3.8, 4) is 0 Å². The lowest BCUT2D eigenvalue weighted by Crippen LogP contribution is -2.35. The standard InChI is InChI=1S/C27H25N5O5/c1-2-31-22-13-12-20(15-21(22)30-26(31)35)29-25(34)28-19-10-8-17(9-11-19)14-24(33)32-23(16-37-27(32)36)18-6-4-3-5-7-18/h3-13,15,23H,2,14,16H2,1H3,(H,30,35)(H2,28,29,34). The van der Waals surface area contributed by atoms with Gasteiger partial charge in [0.2, 0.25) is 5.91 Å². The minimum atomic E-state index is -0.651. The number of cyclic esters (lactones) is 1. The van der Waals surface area contributed by atoms with Crippen LogP contribution in [0.15, 0.2) is 77.6 Å². The lowest BCUT2D eigenvalue weighted by Gasteiger charge is -2.20. The Bertz CT molecular complexity index is 1520. The number of carbonyl (C=O) groups excluding carboxylic acids is 3. The average molecular weight is 500 g/mol. The number of hydrogen-bond donors (Lipinski definition) is 3. The van der Waals surface area contributed by atoms with Crippen molar-refractivity contribution in [3.63, 3.8) is 0 Å². The van der Waals surface area contributed by atoms with Gasteiger partial charge in [-0.3, -0.25) is 9.36 Å². The summed E-state index contributed by atoms with van der Waals surface area (Å²) < 4.78 is 6.74. The van der Waals surface area contributed by atoms with Gasteiger partial charge in [-0.2, -0.15) is 0 Å². The quantitative estimate of drug-likeness (QED) is 0.366. The Balaban J connectivity index is 1.20. The van der Waals surface area contributed by atoms with E-state index < -0.39 is 18.2 Å². The molecule has 1 aliphatic heterocycles. The maximum Gasteiger partial charge on any atom is 0.417 e. The number of fused-ring (bicyclic) bond motifs is 1. The number of ether oxygens (including phenoxy) is 1. The van der Waals surface area contributed by atoms with Crippen molar-refractivity contribution in [1.82, 2.24) is 14.5 Å².